The number of carbonyl (C=O) groups excluding carboxylic acids is 1. The molecule has 1 atom stereocenters. The minimum Gasteiger partial charge on any atom is -0.275 e. The molecule has 0 radical (unpaired) electrons. The molecule has 2 rings (SSSR count). The number of hydrogen-bond acceptors (Lipinski definition) is 2. The molecule has 1 saturated heterocycles. The Labute approximate surface area is 92.2 Å². The molecule has 0 aromatic carbocycles. The predicted molar refractivity (Wildman–Crippen MR) is 60.1 cm³/mol. The van der Waals surface area contributed by atoms with Crippen molar-refractivity contribution in [3.63, 3.8) is 0 Å². The minimum atomic E-state index is 0.278. The molecule has 2 aliphatic rings. The topological polar surface area (TPSA) is 32.3 Å². The zero-order valence-electron chi connectivity index (χ0n) is 9.83. The molecular formula is C12H22N2O. The van der Waals surface area contributed by atoms with Crippen LogP contribution in [0.3, 0.4) is 0 Å². The average Bonchev–Trinajstić information content (AvgIpc) is 2.62. The summed E-state index contributed by atoms with van der Waals surface area (Å²) < 4.78 is 0. The maximum atomic E-state index is 11.7. The lowest BCUT2D eigenvalue weighted by Gasteiger charge is -2.29. The SMILES string of the molecule is CC(C)N1NC(C2CCCCC2)CC1=O. The summed E-state index contributed by atoms with van der Waals surface area (Å²) in [5, 5.41) is 1.82. The summed E-state index contributed by atoms with van der Waals surface area (Å²) in [4.78, 5) is 11.7. The van der Waals surface area contributed by atoms with E-state index in [1.54, 1.807) is 0 Å². The van der Waals surface area contributed by atoms with E-state index in [2.05, 4.69) is 19.3 Å². The van der Waals surface area contributed by atoms with Gasteiger partial charge in [-0.1, -0.05) is 19.3 Å². The smallest absolute Gasteiger partial charge is 0.238 e. The van der Waals surface area contributed by atoms with E-state index in [0.717, 1.165) is 5.92 Å². The molecule has 0 bridgehead atoms. The van der Waals surface area contributed by atoms with E-state index in [-0.39, 0.29) is 11.9 Å². The average molecular weight is 210 g/mol. The molecule has 1 heterocycles. The molecule has 1 saturated carbocycles. The molecule has 0 spiro atoms. The van der Waals surface area contributed by atoms with Crippen LogP contribution in [0.25, 0.3) is 0 Å². The molecule has 1 aliphatic carbocycles. The highest BCUT2D eigenvalue weighted by Crippen LogP contribution is 2.30. The largest absolute Gasteiger partial charge is 0.275 e. The van der Waals surface area contributed by atoms with Crippen LogP contribution < -0.4 is 5.43 Å². The third kappa shape index (κ3) is 2.33. The second-order valence-electron chi connectivity index (χ2n) is 5.20. The molecule has 1 aliphatic heterocycles. The van der Waals surface area contributed by atoms with Gasteiger partial charge in [-0.25, -0.2) is 5.43 Å². The van der Waals surface area contributed by atoms with Crippen molar-refractivity contribution in [2.45, 2.75) is 64.5 Å². The van der Waals surface area contributed by atoms with Crippen LogP contribution in [0.1, 0.15) is 52.4 Å². The fourth-order valence-electron chi connectivity index (χ4n) is 2.83. The van der Waals surface area contributed by atoms with Crippen molar-refractivity contribution >= 4 is 5.91 Å². The number of amides is 1. The van der Waals surface area contributed by atoms with Gasteiger partial charge in [-0.05, 0) is 32.6 Å². The molecule has 86 valence electrons. The maximum Gasteiger partial charge on any atom is 0.238 e. The van der Waals surface area contributed by atoms with Gasteiger partial charge in [-0.3, -0.25) is 9.80 Å². The second kappa shape index (κ2) is 4.52. The van der Waals surface area contributed by atoms with E-state index in [0.29, 0.717) is 12.5 Å². The Morgan fingerprint density at radius 1 is 1.27 bits per heavy atom. The van der Waals surface area contributed by atoms with Crippen molar-refractivity contribution in [3.8, 4) is 0 Å². The van der Waals surface area contributed by atoms with Gasteiger partial charge in [0, 0.05) is 18.5 Å². The Kier molecular flexibility index (Phi) is 3.29. The quantitative estimate of drug-likeness (QED) is 0.757. The van der Waals surface area contributed by atoms with Crippen LogP contribution in [0, 0.1) is 5.92 Å². The Hall–Kier alpha value is -0.570. The highest BCUT2D eigenvalue weighted by Gasteiger charge is 2.35. The first-order valence-electron chi connectivity index (χ1n) is 6.26. The van der Waals surface area contributed by atoms with Crippen LogP contribution in [0.4, 0.5) is 0 Å². The first kappa shape index (κ1) is 10.9. The molecule has 15 heavy (non-hydrogen) atoms. The van der Waals surface area contributed by atoms with Crippen molar-refractivity contribution < 1.29 is 4.79 Å². The van der Waals surface area contributed by atoms with E-state index < -0.39 is 0 Å². The third-order valence-electron chi connectivity index (χ3n) is 3.70. The molecule has 2 fully saturated rings. The van der Waals surface area contributed by atoms with Gasteiger partial charge in [-0.15, -0.1) is 0 Å². The van der Waals surface area contributed by atoms with Gasteiger partial charge in [0.15, 0.2) is 0 Å². The molecule has 0 aromatic rings. The number of carbonyl (C=O) groups is 1. The van der Waals surface area contributed by atoms with Crippen LogP contribution in [0.15, 0.2) is 0 Å². The Bertz CT molecular complexity index is 234. The van der Waals surface area contributed by atoms with Gasteiger partial charge in [0.1, 0.15) is 0 Å². The normalized spacial score (nSPS) is 29.1. The lowest BCUT2D eigenvalue weighted by molar-refractivity contribution is -0.131. The summed E-state index contributed by atoms with van der Waals surface area (Å²) in [6.45, 7) is 4.13. The number of hydrogen-bond donors (Lipinski definition) is 1. The molecule has 0 aromatic heterocycles. The highest BCUT2D eigenvalue weighted by atomic mass is 16.2. The summed E-state index contributed by atoms with van der Waals surface area (Å²) in [5.41, 5.74) is 3.39. The van der Waals surface area contributed by atoms with E-state index in [1.165, 1.54) is 32.1 Å². The summed E-state index contributed by atoms with van der Waals surface area (Å²) in [6.07, 6.45) is 7.39. The first-order chi connectivity index (χ1) is 7.18. The fourth-order valence-corrected chi connectivity index (χ4v) is 2.83. The molecule has 3 nitrogen and oxygen atoms in total. The van der Waals surface area contributed by atoms with Gasteiger partial charge in [0.2, 0.25) is 5.91 Å². The molecule has 1 amide bonds. The maximum absolute atomic E-state index is 11.7. The first-order valence-corrected chi connectivity index (χ1v) is 6.26. The third-order valence-corrected chi connectivity index (χ3v) is 3.70. The van der Waals surface area contributed by atoms with E-state index in [1.807, 2.05) is 5.01 Å². The van der Waals surface area contributed by atoms with Crippen molar-refractivity contribution in [2.75, 3.05) is 0 Å². The zero-order valence-corrected chi connectivity index (χ0v) is 9.83. The number of rotatable bonds is 2. The van der Waals surface area contributed by atoms with Gasteiger partial charge in [0.05, 0.1) is 0 Å². The minimum absolute atomic E-state index is 0.278. The van der Waals surface area contributed by atoms with Gasteiger partial charge in [-0.2, -0.15) is 0 Å². The molecule has 3 heteroatoms. The molecule has 1 unspecified atom stereocenters. The zero-order chi connectivity index (χ0) is 10.8. The van der Waals surface area contributed by atoms with Crippen LogP contribution in [-0.4, -0.2) is 23.0 Å². The monoisotopic (exact) mass is 210 g/mol. The number of nitrogens with zero attached hydrogens (tertiary/aromatic N) is 1. The van der Waals surface area contributed by atoms with Crippen molar-refractivity contribution in [1.29, 1.82) is 0 Å². The molecular weight excluding hydrogens is 188 g/mol. The van der Waals surface area contributed by atoms with Crippen molar-refractivity contribution in [3.05, 3.63) is 0 Å². The van der Waals surface area contributed by atoms with Crippen LogP contribution in [0.2, 0.25) is 0 Å². The van der Waals surface area contributed by atoms with Gasteiger partial charge >= 0.3 is 0 Å². The van der Waals surface area contributed by atoms with Crippen LogP contribution in [0.5, 0.6) is 0 Å². The van der Waals surface area contributed by atoms with Crippen molar-refractivity contribution in [1.82, 2.24) is 10.4 Å². The number of hydrazine groups is 1. The fraction of sp³-hybridized carbons (Fsp3) is 0.917. The standard InChI is InChI=1S/C12H22N2O/c1-9(2)14-12(15)8-11(13-14)10-6-4-3-5-7-10/h9-11,13H,3-8H2,1-2H3. The Balaban J connectivity index is 1.92. The lowest BCUT2D eigenvalue weighted by Crippen LogP contribution is -2.44. The van der Waals surface area contributed by atoms with Gasteiger partial charge < -0.3 is 0 Å². The van der Waals surface area contributed by atoms with E-state index in [9.17, 15) is 4.79 Å². The number of nitrogens with one attached hydrogen (secondary N) is 1. The predicted octanol–water partition coefficient (Wildman–Crippen LogP) is 2.08. The lowest BCUT2D eigenvalue weighted by atomic mass is 9.83. The Morgan fingerprint density at radius 2 is 1.93 bits per heavy atom. The van der Waals surface area contributed by atoms with E-state index >= 15 is 0 Å². The van der Waals surface area contributed by atoms with Gasteiger partial charge in [0.25, 0.3) is 0 Å². The van der Waals surface area contributed by atoms with Crippen LogP contribution in [-0.2, 0) is 4.79 Å². The van der Waals surface area contributed by atoms with Crippen molar-refractivity contribution in [2.24, 2.45) is 5.92 Å². The summed E-state index contributed by atoms with van der Waals surface area (Å²) in [6, 6.07) is 0.700. The van der Waals surface area contributed by atoms with Crippen LogP contribution >= 0.6 is 0 Å². The van der Waals surface area contributed by atoms with E-state index in [4.69, 9.17) is 0 Å². The summed E-state index contributed by atoms with van der Waals surface area (Å²) in [5.74, 6) is 1.01. The highest BCUT2D eigenvalue weighted by molar-refractivity contribution is 5.78. The summed E-state index contributed by atoms with van der Waals surface area (Å²) >= 11 is 0. The molecule has 1 N–H and O–H groups in total. The Morgan fingerprint density at radius 3 is 2.47 bits per heavy atom. The summed E-state index contributed by atoms with van der Waals surface area (Å²) in [7, 11) is 0. The second-order valence-corrected chi connectivity index (χ2v) is 5.20.